The number of amides is 2. The lowest BCUT2D eigenvalue weighted by Gasteiger charge is -2.37. The molecule has 3 N–H and O–H groups in total. The van der Waals surface area contributed by atoms with Crippen molar-refractivity contribution >= 4 is 6.03 Å². The maximum absolute atomic E-state index is 12.2. The van der Waals surface area contributed by atoms with Crippen molar-refractivity contribution in [1.82, 2.24) is 10.2 Å². The quantitative estimate of drug-likeness (QED) is 0.771. The SMILES string of the molecule is CCC(C)(C)NC(=O)N1CCCC1(C)CN. The van der Waals surface area contributed by atoms with E-state index in [1.54, 1.807) is 0 Å². The van der Waals surface area contributed by atoms with Gasteiger partial charge in [-0.25, -0.2) is 4.79 Å². The minimum atomic E-state index is -0.159. The molecule has 1 atom stereocenters. The van der Waals surface area contributed by atoms with Gasteiger partial charge >= 0.3 is 6.03 Å². The van der Waals surface area contributed by atoms with Crippen LogP contribution in [0.3, 0.4) is 0 Å². The first-order valence-electron chi connectivity index (χ1n) is 6.14. The van der Waals surface area contributed by atoms with Crippen molar-refractivity contribution in [3.63, 3.8) is 0 Å². The molecule has 0 aromatic rings. The molecule has 16 heavy (non-hydrogen) atoms. The molecule has 94 valence electrons. The van der Waals surface area contributed by atoms with Gasteiger partial charge in [-0.3, -0.25) is 0 Å². The monoisotopic (exact) mass is 227 g/mol. The molecule has 1 aliphatic heterocycles. The third kappa shape index (κ3) is 2.67. The second-order valence-electron chi connectivity index (χ2n) is 5.62. The summed E-state index contributed by atoms with van der Waals surface area (Å²) in [5.74, 6) is 0. The topological polar surface area (TPSA) is 58.4 Å². The van der Waals surface area contributed by atoms with Crippen LogP contribution in [0.1, 0.15) is 47.0 Å². The Bertz CT molecular complexity index is 265. The molecule has 2 amide bonds. The van der Waals surface area contributed by atoms with Crippen LogP contribution < -0.4 is 11.1 Å². The van der Waals surface area contributed by atoms with Gasteiger partial charge in [-0.05, 0) is 40.0 Å². The molecule has 1 rings (SSSR count). The van der Waals surface area contributed by atoms with E-state index in [1.165, 1.54) is 0 Å². The number of likely N-dealkylation sites (tertiary alicyclic amines) is 1. The molecule has 0 saturated carbocycles. The molecule has 4 heteroatoms. The molecule has 0 bridgehead atoms. The number of nitrogens with zero attached hydrogens (tertiary/aromatic N) is 1. The smallest absolute Gasteiger partial charge is 0.318 e. The first-order valence-corrected chi connectivity index (χ1v) is 6.14. The van der Waals surface area contributed by atoms with Crippen molar-refractivity contribution in [2.45, 2.75) is 58.0 Å². The summed E-state index contributed by atoms with van der Waals surface area (Å²) in [5, 5.41) is 3.07. The number of nitrogens with two attached hydrogens (primary N) is 1. The Balaban J connectivity index is 2.67. The largest absolute Gasteiger partial charge is 0.333 e. The Hall–Kier alpha value is -0.770. The fourth-order valence-corrected chi connectivity index (χ4v) is 2.03. The molecule has 0 spiro atoms. The van der Waals surface area contributed by atoms with Crippen LogP contribution in [0.5, 0.6) is 0 Å². The number of carbonyl (C=O) groups is 1. The third-order valence-corrected chi connectivity index (χ3v) is 3.76. The van der Waals surface area contributed by atoms with Crippen molar-refractivity contribution in [1.29, 1.82) is 0 Å². The van der Waals surface area contributed by atoms with Gasteiger partial charge in [0.15, 0.2) is 0 Å². The molecule has 1 saturated heterocycles. The summed E-state index contributed by atoms with van der Waals surface area (Å²) < 4.78 is 0. The van der Waals surface area contributed by atoms with Crippen LogP contribution in [0.15, 0.2) is 0 Å². The second kappa shape index (κ2) is 4.62. The van der Waals surface area contributed by atoms with Crippen LogP contribution in [0, 0.1) is 0 Å². The molecule has 0 aromatic carbocycles. The van der Waals surface area contributed by atoms with E-state index < -0.39 is 0 Å². The molecule has 1 fully saturated rings. The lowest BCUT2D eigenvalue weighted by molar-refractivity contribution is 0.150. The van der Waals surface area contributed by atoms with Gasteiger partial charge in [-0.2, -0.15) is 0 Å². The van der Waals surface area contributed by atoms with Crippen molar-refractivity contribution in [3.8, 4) is 0 Å². The highest BCUT2D eigenvalue weighted by molar-refractivity contribution is 5.76. The number of urea groups is 1. The van der Waals surface area contributed by atoms with Crippen LogP contribution in [-0.4, -0.2) is 35.1 Å². The summed E-state index contributed by atoms with van der Waals surface area (Å²) in [6.07, 6.45) is 2.98. The van der Waals surface area contributed by atoms with Crippen LogP contribution in [0.4, 0.5) is 4.79 Å². The number of hydrogen-bond donors (Lipinski definition) is 2. The van der Waals surface area contributed by atoms with E-state index in [0.29, 0.717) is 6.54 Å². The number of carbonyl (C=O) groups excluding carboxylic acids is 1. The van der Waals surface area contributed by atoms with Crippen LogP contribution in [-0.2, 0) is 0 Å². The van der Waals surface area contributed by atoms with Crippen molar-refractivity contribution in [3.05, 3.63) is 0 Å². The fourth-order valence-electron chi connectivity index (χ4n) is 2.03. The fraction of sp³-hybridized carbons (Fsp3) is 0.917. The normalized spacial score (nSPS) is 25.9. The maximum atomic E-state index is 12.2. The maximum Gasteiger partial charge on any atom is 0.318 e. The Morgan fingerprint density at radius 2 is 2.19 bits per heavy atom. The summed E-state index contributed by atoms with van der Waals surface area (Å²) >= 11 is 0. The van der Waals surface area contributed by atoms with Gasteiger partial charge in [0.2, 0.25) is 0 Å². The zero-order valence-electron chi connectivity index (χ0n) is 11.0. The van der Waals surface area contributed by atoms with Crippen LogP contribution in [0.2, 0.25) is 0 Å². The number of rotatable bonds is 3. The summed E-state index contributed by atoms with van der Waals surface area (Å²) in [5.41, 5.74) is 5.47. The highest BCUT2D eigenvalue weighted by Crippen LogP contribution is 2.28. The van der Waals surface area contributed by atoms with Gasteiger partial charge in [-0.15, -0.1) is 0 Å². The van der Waals surface area contributed by atoms with Gasteiger partial charge in [-0.1, -0.05) is 6.92 Å². The summed E-state index contributed by atoms with van der Waals surface area (Å²) in [6.45, 7) is 9.58. The lowest BCUT2D eigenvalue weighted by atomic mass is 9.99. The zero-order chi connectivity index (χ0) is 12.4. The molecule has 1 unspecified atom stereocenters. The standard InChI is InChI=1S/C12H25N3O/c1-5-11(2,3)14-10(16)15-8-6-7-12(15,4)9-13/h5-9,13H2,1-4H3,(H,14,16). The van der Waals surface area contributed by atoms with E-state index in [2.05, 4.69) is 19.2 Å². The molecule has 0 aliphatic carbocycles. The molecule has 0 radical (unpaired) electrons. The van der Waals surface area contributed by atoms with Crippen molar-refractivity contribution in [2.24, 2.45) is 5.73 Å². The highest BCUT2D eigenvalue weighted by atomic mass is 16.2. The van der Waals surface area contributed by atoms with Crippen molar-refractivity contribution < 1.29 is 4.79 Å². The van der Waals surface area contributed by atoms with Gasteiger partial charge in [0, 0.05) is 18.6 Å². The van der Waals surface area contributed by atoms with Gasteiger partial charge in [0.05, 0.1) is 5.54 Å². The second-order valence-corrected chi connectivity index (χ2v) is 5.62. The molecular weight excluding hydrogens is 202 g/mol. The summed E-state index contributed by atoms with van der Waals surface area (Å²) in [4.78, 5) is 14.0. The Morgan fingerprint density at radius 1 is 1.56 bits per heavy atom. The average Bonchev–Trinajstić information content (AvgIpc) is 2.61. The predicted molar refractivity (Wildman–Crippen MR) is 66.3 cm³/mol. The van der Waals surface area contributed by atoms with E-state index in [9.17, 15) is 4.79 Å². The van der Waals surface area contributed by atoms with E-state index in [0.717, 1.165) is 25.8 Å². The number of nitrogens with one attached hydrogen (secondary N) is 1. The minimum Gasteiger partial charge on any atom is -0.333 e. The summed E-state index contributed by atoms with van der Waals surface area (Å²) in [7, 11) is 0. The van der Waals surface area contributed by atoms with Gasteiger partial charge in [0.25, 0.3) is 0 Å². The first-order chi connectivity index (χ1) is 7.34. The van der Waals surface area contributed by atoms with E-state index >= 15 is 0 Å². The van der Waals surface area contributed by atoms with E-state index in [1.807, 2.05) is 18.7 Å². The van der Waals surface area contributed by atoms with Crippen molar-refractivity contribution in [2.75, 3.05) is 13.1 Å². The third-order valence-electron chi connectivity index (χ3n) is 3.76. The Kier molecular flexibility index (Phi) is 3.84. The van der Waals surface area contributed by atoms with E-state index in [-0.39, 0.29) is 17.1 Å². The highest BCUT2D eigenvalue weighted by Gasteiger charge is 2.39. The lowest BCUT2D eigenvalue weighted by Crippen LogP contribution is -2.57. The predicted octanol–water partition coefficient (Wildman–Crippen LogP) is 1.70. The van der Waals surface area contributed by atoms with Gasteiger partial charge < -0.3 is 16.0 Å². The molecule has 0 aromatic heterocycles. The van der Waals surface area contributed by atoms with Crippen LogP contribution >= 0.6 is 0 Å². The molecule has 1 heterocycles. The average molecular weight is 227 g/mol. The van der Waals surface area contributed by atoms with Crippen LogP contribution in [0.25, 0.3) is 0 Å². The Labute approximate surface area is 98.6 Å². The minimum absolute atomic E-state index is 0.0253. The zero-order valence-corrected chi connectivity index (χ0v) is 11.0. The summed E-state index contributed by atoms with van der Waals surface area (Å²) in [6, 6.07) is 0.0253. The molecule has 4 nitrogen and oxygen atoms in total. The Morgan fingerprint density at radius 3 is 2.69 bits per heavy atom. The first kappa shape index (κ1) is 13.3. The van der Waals surface area contributed by atoms with E-state index in [4.69, 9.17) is 5.73 Å². The molecule has 1 aliphatic rings. The number of hydrogen-bond acceptors (Lipinski definition) is 2. The molecular formula is C12H25N3O. The van der Waals surface area contributed by atoms with Gasteiger partial charge in [0.1, 0.15) is 0 Å².